The zero-order valence-corrected chi connectivity index (χ0v) is 10.5. The summed E-state index contributed by atoms with van der Waals surface area (Å²) >= 11 is 0. The van der Waals surface area contributed by atoms with Gasteiger partial charge in [-0.3, -0.25) is 9.48 Å². The van der Waals surface area contributed by atoms with Gasteiger partial charge in [0.15, 0.2) is 0 Å². The molecule has 0 bridgehead atoms. The van der Waals surface area contributed by atoms with Crippen molar-refractivity contribution in [1.29, 1.82) is 0 Å². The quantitative estimate of drug-likeness (QED) is 0.750. The van der Waals surface area contributed by atoms with Gasteiger partial charge in [-0.2, -0.15) is 0 Å². The normalized spacial score (nSPS) is 10.4. The van der Waals surface area contributed by atoms with Crippen molar-refractivity contribution in [2.45, 2.75) is 6.92 Å². The van der Waals surface area contributed by atoms with E-state index in [0.717, 1.165) is 0 Å². The van der Waals surface area contributed by atoms with Crippen LogP contribution in [0.15, 0.2) is 35.1 Å². The highest BCUT2D eigenvalue weighted by atomic mass is 16.5. The monoisotopic (exact) mass is 246 g/mol. The fourth-order valence-electron chi connectivity index (χ4n) is 1.91. The molecule has 0 aliphatic carbocycles. The first-order chi connectivity index (χ1) is 8.57. The van der Waals surface area contributed by atoms with Gasteiger partial charge in [-0.15, -0.1) is 0 Å². The average Bonchev–Trinajstić information content (AvgIpc) is 2.61. The lowest BCUT2D eigenvalue weighted by atomic mass is 10.2. The van der Waals surface area contributed by atoms with E-state index in [9.17, 15) is 9.59 Å². The maximum atomic E-state index is 12.3. The average molecular weight is 246 g/mol. The number of benzene rings is 1. The second kappa shape index (κ2) is 4.52. The minimum atomic E-state index is -0.609. The van der Waals surface area contributed by atoms with Crippen LogP contribution in [-0.2, 0) is 11.8 Å². The largest absolute Gasteiger partial charge is 0.465 e. The van der Waals surface area contributed by atoms with Gasteiger partial charge in [0.05, 0.1) is 18.5 Å². The summed E-state index contributed by atoms with van der Waals surface area (Å²) in [6, 6.07) is 9.15. The molecule has 2 aromatic rings. The van der Waals surface area contributed by atoms with E-state index in [1.165, 1.54) is 11.8 Å². The van der Waals surface area contributed by atoms with Crippen LogP contribution < -0.4 is 5.56 Å². The third-order valence-electron chi connectivity index (χ3n) is 2.94. The molecule has 2 rings (SSSR count). The first-order valence-electron chi connectivity index (χ1n) is 5.50. The first kappa shape index (κ1) is 12.2. The topological polar surface area (TPSA) is 53.2 Å². The molecule has 1 aromatic heterocycles. The Bertz CT molecular complexity index is 638. The summed E-state index contributed by atoms with van der Waals surface area (Å²) in [5.74, 6) is -0.609. The van der Waals surface area contributed by atoms with Crippen LogP contribution >= 0.6 is 0 Å². The highest BCUT2D eigenvalue weighted by Crippen LogP contribution is 2.10. The Balaban J connectivity index is 2.72. The highest BCUT2D eigenvalue weighted by Gasteiger charge is 2.22. The van der Waals surface area contributed by atoms with Gasteiger partial charge < -0.3 is 4.74 Å². The third-order valence-corrected chi connectivity index (χ3v) is 2.94. The van der Waals surface area contributed by atoms with Crippen molar-refractivity contribution in [1.82, 2.24) is 9.36 Å². The Morgan fingerprint density at radius 2 is 1.83 bits per heavy atom. The van der Waals surface area contributed by atoms with Crippen LogP contribution in [0.1, 0.15) is 16.1 Å². The van der Waals surface area contributed by atoms with Gasteiger partial charge in [0, 0.05) is 7.05 Å². The lowest BCUT2D eigenvalue weighted by Gasteiger charge is -2.07. The number of hydrogen-bond donors (Lipinski definition) is 0. The van der Waals surface area contributed by atoms with Crippen molar-refractivity contribution < 1.29 is 9.53 Å². The standard InChI is InChI=1S/C13H14N2O3/c1-9-11(13(17)18-3)12(16)15(14(9)2)10-7-5-4-6-8-10/h4-8H,1-3H3. The van der Waals surface area contributed by atoms with Crippen LogP contribution in [0.3, 0.4) is 0 Å². The minimum absolute atomic E-state index is 0.0730. The van der Waals surface area contributed by atoms with E-state index in [1.54, 1.807) is 18.7 Å². The number of esters is 1. The second-order valence-corrected chi connectivity index (χ2v) is 3.93. The van der Waals surface area contributed by atoms with Crippen LogP contribution in [0, 0.1) is 6.92 Å². The number of rotatable bonds is 2. The van der Waals surface area contributed by atoms with Crippen LogP contribution in [0.5, 0.6) is 0 Å². The third kappa shape index (κ3) is 1.73. The summed E-state index contributed by atoms with van der Waals surface area (Å²) in [6.45, 7) is 1.72. The van der Waals surface area contributed by atoms with Gasteiger partial charge in [0.1, 0.15) is 5.56 Å². The number of carbonyl (C=O) groups excluding carboxylic acids is 1. The van der Waals surface area contributed by atoms with Crippen LogP contribution in [0.4, 0.5) is 0 Å². The van der Waals surface area contributed by atoms with E-state index in [2.05, 4.69) is 4.74 Å². The molecule has 5 heteroatoms. The molecule has 0 radical (unpaired) electrons. The predicted octanol–water partition coefficient (Wildman–Crippen LogP) is 1.27. The fraction of sp³-hybridized carbons (Fsp3) is 0.231. The van der Waals surface area contributed by atoms with Gasteiger partial charge >= 0.3 is 5.97 Å². The van der Waals surface area contributed by atoms with Gasteiger partial charge in [-0.25, -0.2) is 9.48 Å². The number of aromatic nitrogens is 2. The predicted molar refractivity (Wildman–Crippen MR) is 67.1 cm³/mol. The molecule has 0 amide bonds. The molecule has 18 heavy (non-hydrogen) atoms. The Kier molecular flexibility index (Phi) is 3.06. The highest BCUT2D eigenvalue weighted by molar-refractivity contribution is 5.90. The summed E-state index contributed by atoms with van der Waals surface area (Å²) in [4.78, 5) is 23.9. The first-order valence-corrected chi connectivity index (χ1v) is 5.50. The summed E-state index contributed by atoms with van der Waals surface area (Å²) in [7, 11) is 3.00. The number of hydrogen-bond acceptors (Lipinski definition) is 3. The molecule has 0 atom stereocenters. The van der Waals surface area contributed by atoms with Crippen LogP contribution in [0.2, 0.25) is 0 Å². The van der Waals surface area contributed by atoms with E-state index in [1.807, 2.05) is 30.3 Å². The van der Waals surface area contributed by atoms with Crippen molar-refractivity contribution >= 4 is 5.97 Å². The summed E-state index contributed by atoms with van der Waals surface area (Å²) in [6.07, 6.45) is 0. The van der Waals surface area contributed by atoms with Gasteiger partial charge in [-0.1, -0.05) is 18.2 Å². The second-order valence-electron chi connectivity index (χ2n) is 3.93. The number of nitrogens with zero attached hydrogens (tertiary/aromatic N) is 2. The molecule has 0 saturated heterocycles. The number of para-hydroxylation sites is 1. The lowest BCUT2D eigenvalue weighted by Crippen LogP contribution is -2.23. The Labute approximate surface area is 104 Å². The Hall–Kier alpha value is -2.30. The summed E-state index contributed by atoms with van der Waals surface area (Å²) in [5, 5.41) is 0. The molecule has 1 aromatic carbocycles. The minimum Gasteiger partial charge on any atom is -0.465 e. The summed E-state index contributed by atoms with van der Waals surface area (Å²) in [5.41, 5.74) is 0.996. The van der Waals surface area contributed by atoms with Crippen molar-refractivity contribution in [2.75, 3.05) is 7.11 Å². The molecular formula is C13H14N2O3. The van der Waals surface area contributed by atoms with Gasteiger partial charge in [0.25, 0.3) is 5.56 Å². The van der Waals surface area contributed by atoms with Gasteiger partial charge in [0.2, 0.25) is 0 Å². The molecule has 0 spiro atoms. The van der Waals surface area contributed by atoms with E-state index in [0.29, 0.717) is 11.4 Å². The molecule has 0 aliphatic heterocycles. The van der Waals surface area contributed by atoms with Crippen LogP contribution in [0.25, 0.3) is 5.69 Å². The molecule has 0 fully saturated rings. The van der Waals surface area contributed by atoms with Gasteiger partial charge in [-0.05, 0) is 19.1 Å². The zero-order valence-electron chi connectivity index (χ0n) is 10.5. The SMILES string of the molecule is COC(=O)c1c(C)n(C)n(-c2ccccc2)c1=O. The number of ether oxygens (including phenoxy) is 1. The molecule has 0 unspecified atom stereocenters. The maximum absolute atomic E-state index is 12.3. The van der Waals surface area contributed by atoms with Crippen molar-refractivity contribution in [3.63, 3.8) is 0 Å². The smallest absolute Gasteiger partial charge is 0.345 e. The van der Waals surface area contributed by atoms with Crippen molar-refractivity contribution in [3.8, 4) is 5.69 Å². The van der Waals surface area contributed by atoms with E-state index >= 15 is 0 Å². The van der Waals surface area contributed by atoms with E-state index in [-0.39, 0.29) is 11.1 Å². The molecule has 94 valence electrons. The number of methoxy groups -OCH3 is 1. The molecular weight excluding hydrogens is 232 g/mol. The molecule has 0 N–H and O–H groups in total. The Morgan fingerprint density at radius 1 is 1.22 bits per heavy atom. The van der Waals surface area contributed by atoms with E-state index < -0.39 is 5.97 Å². The molecule has 0 saturated carbocycles. The Morgan fingerprint density at radius 3 is 2.39 bits per heavy atom. The number of carbonyl (C=O) groups is 1. The zero-order chi connectivity index (χ0) is 13.3. The van der Waals surface area contributed by atoms with Crippen LogP contribution in [-0.4, -0.2) is 22.4 Å². The fourth-order valence-corrected chi connectivity index (χ4v) is 1.91. The maximum Gasteiger partial charge on any atom is 0.345 e. The van der Waals surface area contributed by atoms with E-state index in [4.69, 9.17) is 0 Å². The van der Waals surface area contributed by atoms with Crippen molar-refractivity contribution in [3.05, 3.63) is 51.9 Å². The van der Waals surface area contributed by atoms with Crippen molar-refractivity contribution in [2.24, 2.45) is 7.05 Å². The lowest BCUT2D eigenvalue weighted by molar-refractivity contribution is 0.0598. The molecule has 1 heterocycles. The molecule has 5 nitrogen and oxygen atoms in total. The summed E-state index contributed by atoms with van der Waals surface area (Å²) < 4.78 is 7.73. The molecule has 0 aliphatic rings.